The Balaban J connectivity index is 1.48. The van der Waals surface area contributed by atoms with Crippen LogP contribution in [0.2, 0.25) is 0 Å². The van der Waals surface area contributed by atoms with E-state index in [1.54, 1.807) is 19.3 Å². The van der Waals surface area contributed by atoms with Gasteiger partial charge in [-0.25, -0.2) is 4.98 Å². The van der Waals surface area contributed by atoms with Gasteiger partial charge in [0.1, 0.15) is 0 Å². The second-order valence-electron chi connectivity index (χ2n) is 6.26. The lowest BCUT2D eigenvalue weighted by molar-refractivity contribution is -0.132. The van der Waals surface area contributed by atoms with E-state index in [-0.39, 0.29) is 23.3 Å². The van der Waals surface area contributed by atoms with E-state index in [0.717, 1.165) is 24.9 Å². The molecule has 7 nitrogen and oxygen atoms in total. The standard InChI is InChI=1S/C18H22N4O3S/c1-13-8-16(23)21-18(20-13)26-12-17(24)22-7-3-5-15(10-22)25-11-14-4-2-6-19-9-14/h2,4,6,8-9,15H,3,5,7,10-12H2,1H3,(H,20,21,23)/t15-/m1/s1. The maximum Gasteiger partial charge on any atom is 0.251 e. The van der Waals surface area contributed by atoms with Gasteiger partial charge in [0.15, 0.2) is 5.16 Å². The smallest absolute Gasteiger partial charge is 0.251 e. The van der Waals surface area contributed by atoms with E-state index in [9.17, 15) is 9.59 Å². The van der Waals surface area contributed by atoms with Crippen molar-refractivity contribution in [2.24, 2.45) is 0 Å². The third-order valence-electron chi connectivity index (χ3n) is 4.12. The van der Waals surface area contributed by atoms with Crippen LogP contribution in [0.3, 0.4) is 0 Å². The number of aromatic amines is 1. The highest BCUT2D eigenvalue weighted by Gasteiger charge is 2.24. The molecule has 1 amide bonds. The number of nitrogens with zero attached hydrogens (tertiary/aromatic N) is 3. The van der Waals surface area contributed by atoms with Gasteiger partial charge in [0.2, 0.25) is 5.91 Å². The summed E-state index contributed by atoms with van der Waals surface area (Å²) in [6, 6.07) is 5.29. The topological polar surface area (TPSA) is 88.2 Å². The summed E-state index contributed by atoms with van der Waals surface area (Å²) in [5, 5.41) is 0.477. The summed E-state index contributed by atoms with van der Waals surface area (Å²) in [7, 11) is 0. The zero-order valence-corrected chi connectivity index (χ0v) is 15.5. The number of likely N-dealkylation sites (tertiary alicyclic amines) is 1. The Morgan fingerprint density at radius 2 is 2.38 bits per heavy atom. The number of nitrogens with one attached hydrogen (secondary N) is 1. The van der Waals surface area contributed by atoms with Crippen LogP contribution >= 0.6 is 11.8 Å². The van der Waals surface area contributed by atoms with Crippen LogP contribution in [-0.4, -0.2) is 50.7 Å². The van der Waals surface area contributed by atoms with Crippen molar-refractivity contribution in [3.63, 3.8) is 0 Å². The lowest BCUT2D eigenvalue weighted by Gasteiger charge is -2.32. The summed E-state index contributed by atoms with van der Waals surface area (Å²) in [5.74, 6) is 0.288. The predicted octanol–water partition coefficient (Wildman–Crippen LogP) is 1.77. The quantitative estimate of drug-likeness (QED) is 0.612. The number of rotatable bonds is 6. The molecule has 1 aliphatic heterocycles. The zero-order valence-electron chi connectivity index (χ0n) is 14.7. The normalized spacial score (nSPS) is 17.3. The van der Waals surface area contributed by atoms with Gasteiger partial charge in [0.25, 0.3) is 5.56 Å². The second kappa shape index (κ2) is 8.95. The maximum atomic E-state index is 12.5. The van der Waals surface area contributed by atoms with E-state index in [1.807, 2.05) is 17.0 Å². The summed E-state index contributed by atoms with van der Waals surface area (Å²) in [5.41, 5.74) is 1.47. The molecule has 0 spiro atoms. The number of hydrogen-bond acceptors (Lipinski definition) is 6. The third kappa shape index (κ3) is 5.40. The van der Waals surface area contributed by atoms with Crippen LogP contribution in [0.15, 0.2) is 40.5 Å². The summed E-state index contributed by atoms with van der Waals surface area (Å²) in [6.45, 7) is 3.60. The van der Waals surface area contributed by atoms with Gasteiger partial charge in [0, 0.05) is 37.2 Å². The lowest BCUT2D eigenvalue weighted by Crippen LogP contribution is -2.44. The molecule has 0 radical (unpaired) electrons. The molecule has 2 aromatic rings. The largest absolute Gasteiger partial charge is 0.372 e. The molecule has 1 fully saturated rings. The van der Waals surface area contributed by atoms with Crippen molar-refractivity contribution in [3.8, 4) is 0 Å². The van der Waals surface area contributed by atoms with Crippen molar-refractivity contribution in [1.29, 1.82) is 0 Å². The average molecular weight is 374 g/mol. The van der Waals surface area contributed by atoms with Crippen molar-refractivity contribution in [2.45, 2.75) is 37.6 Å². The van der Waals surface area contributed by atoms with E-state index in [4.69, 9.17) is 4.74 Å². The van der Waals surface area contributed by atoms with Crippen molar-refractivity contribution in [1.82, 2.24) is 19.9 Å². The van der Waals surface area contributed by atoms with Gasteiger partial charge in [-0.3, -0.25) is 14.6 Å². The molecule has 1 aliphatic rings. The SMILES string of the molecule is Cc1cc(=O)[nH]c(SCC(=O)N2CCC[C@@H](OCc3cccnc3)C2)n1. The van der Waals surface area contributed by atoms with Gasteiger partial charge >= 0.3 is 0 Å². The molecule has 3 rings (SSSR count). The van der Waals surface area contributed by atoms with E-state index >= 15 is 0 Å². The molecule has 26 heavy (non-hydrogen) atoms. The number of piperidine rings is 1. The first-order chi connectivity index (χ1) is 12.6. The van der Waals surface area contributed by atoms with E-state index in [1.165, 1.54) is 17.8 Å². The van der Waals surface area contributed by atoms with Crippen LogP contribution in [0, 0.1) is 6.92 Å². The summed E-state index contributed by atoms with van der Waals surface area (Å²) in [4.78, 5) is 36.7. The molecule has 0 aromatic carbocycles. The highest BCUT2D eigenvalue weighted by atomic mass is 32.2. The molecule has 1 N–H and O–H groups in total. The van der Waals surface area contributed by atoms with Gasteiger partial charge in [-0.2, -0.15) is 0 Å². The van der Waals surface area contributed by atoms with Crippen LogP contribution < -0.4 is 5.56 Å². The monoisotopic (exact) mass is 374 g/mol. The van der Waals surface area contributed by atoms with Gasteiger partial charge < -0.3 is 14.6 Å². The van der Waals surface area contributed by atoms with Crippen LogP contribution in [-0.2, 0) is 16.1 Å². The molecule has 0 unspecified atom stereocenters. The van der Waals surface area contributed by atoms with Gasteiger partial charge in [-0.1, -0.05) is 17.8 Å². The Kier molecular flexibility index (Phi) is 6.40. The number of aromatic nitrogens is 3. The minimum absolute atomic E-state index is 0.0360. The van der Waals surface area contributed by atoms with Crippen molar-refractivity contribution < 1.29 is 9.53 Å². The summed E-state index contributed by atoms with van der Waals surface area (Å²) >= 11 is 1.26. The number of ether oxygens (including phenoxy) is 1. The van der Waals surface area contributed by atoms with E-state index in [0.29, 0.717) is 24.0 Å². The number of thioether (sulfide) groups is 1. The zero-order chi connectivity index (χ0) is 18.4. The first-order valence-corrected chi connectivity index (χ1v) is 9.58. The van der Waals surface area contributed by atoms with Crippen LogP contribution in [0.1, 0.15) is 24.1 Å². The fraction of sp³-hybridized carbons (Fsp3) is 0.444. The molecule has 3 heterocycles. The number of pyridine rings is 1. The molecule has 0 saturated carbocycles. The number of hydrogen-bond donors (Lipinski definition) is 1. The molecule has 138 valence electrons. The molecule has 0 bridgehead atoms. The first-order valence-electron chi connectivity index (χ1n) is 8.59. The van der Waals surface area contributed by atoms with Crippen LogP contribution in [0.25, 0.3) is 0 Å². The van der Waals surface area contributed by atoms with Gasteiger partial charge in [0.05, 0.1) is 18.5 Å². The maximum absolute atomic E-state index is 12.5. The molecule has 1 saturated heterocycles. The minimum atomic E-state index is -0.200. The van der Waals surface area contributed by atoms with Crippen LogP contribution in [0.5, 0.6) is 0 Å². The Labute approximate surface area is 156 Å². The third-order valence-corrected chi connectivity index (χ3v) is 4.98. The summed E-state index contributed by atoms with van der Waals surface area (Å²) < 4.78 is 5.94. The number of carbonyl (C=O) groups is 1. The Bertz CT molecular complexity index is 797. The fourth-order valence-electron chi connectivity index (χ4n) is 2.84. The highest BCUT2D eigenvalue weighted by molar-refractivity contribution is 7.99. The van der Waals surface area contributed by atoms with Gasteiger partial charge in [-0.15, -0.1) is 0 Å². The summed E-state index contributed by atoms with van der Waals surface area (Å²) in [6.07, 6.45) is 5.43. The molecular formula is C18H22N4O3S. The fourth-order valence-corrected chi connectivity index (χ4v) is 3.66. The molecule has 0 aliphatic carbocycles. The number of amides is 1. The van der Waals surface area contributed by atoms with Gasteiger partial charge in [-0.05, 0) is 31.4 Å². The van der Waals surface area contributed by atoms with Crippen molar-refractivity contribution in [3.05, 3.63) is 52.2 Å². The van der Waals surface area contributed by atoms with E-state index < -0.39 is 0 Å². The molecule has 8 heteroatoms. The highest BCUT2D eigenvalue weighted by Crippen LogP contribution is 2.18. The number of H-pyrrole nitrogens is 1. The lowest BCUT2D eigenvalue weighted by atomic mass is 10.1. The molecular weight excluding hydrogens is 352 g/mol. The van der Waals surface area contributed by atoms with E-state index in [2.05, 4.69) is 15.0 Å². The number of aryl methyl sites for hydroxylation is 1. The molecule has 1 atom stereocenters. The Morgan fingerprint density at radius 3 is 3.15 bits per heavy atom. The van der Waals surface area contributed by atoms with Crippen LogP contribution in [0.4, 0.5) is 0 Å². The van der Waals surface area contributed by atoms with Crippen molar-refractivity contribution in [2.75, 3.05) is 18.8 Å². The van der Waals surface area contributed by atoms with Crippen molar-refractivity contribution >= 4 is 17.7 Å². The second-order valence-corrected chi connectivity index (χ2v) is 7.22. The minimum Gasteiger partial charge on any atom is -0.372 e. The first kappa shape index (κ1) is 18.6. The number of carbonyl (C=O) groups excluding carboxylic acids is 1. The predicted molar refractivity (Wildman–Crippen MR) is 98.9 cm³/mol. The Hall–Kier alpha value is -2.19. The average Bonchev–Trinajstić information content (AvgIpc) is 2.65. The Morgan fingerprint density at radius 1 is 1.50 bits per heavy atom. The molecule has 2 aromatic heterocycles.